The summed E-state index contributed by atoms with van der Waals surface area (Å²) in [5.74, 6) is -1.72. The molecule has 0 saturated carbocycles. The molecule has 0 fully saturated rings. The lowest BCUT2D eigenvalue weighted by atomic mass is 9.93. The van der Waals surface area contributed by atoms with Crippen LogP contribution in [0.25, 0.3) is 0 Å². The van der Waals surface area contributed by atoms with Crippen LogP contribution in [0.15, 0.2) is 72.9 Å². The molecule has 0 atom stereocenters. The van der Waals surface area contributed by atoms with E-state index in [0.29, 0.717) is 16.3 Å². The average molecular weight is 710 g/mol. The van der Waals surface area contributed by atoms with E-state index in [0.717, 1.165) is 5.56 Å². The molecule has 3 amide bonds. The van der Waals surface area contributed by atoms with E-state index in [1.807, 2.05) is 6.07 Å². The summed E-state index contributed by atoms with van der Waals surface area (Å²) in [5, 5.41) is 23.0. The molecule has 0 radical (unpaired) electrons. The van der Waals surface area contributed by atoms with E-state index in [2.05, 4.69) is 41.5 Å². The summed E-state index contributed by atoms with van der Waals surface area (Å²) in [6.45, 7) is 2.46. The topological polar surface area (TPSA) is 183 Å². The lowest BCUT2D eigenvalue weighted by Gasteiger charge is -2.25. The van der Waals surface area contributed by atoms with Crippen molar-refractivity contribution >= 4 is 52.5 Å². The van der Waals surface area contributed by atoms with Crippen LogP contribution in [0, 0.1) is 16.7 Å². The van der Waals surface area contributed by atoms with Crippen molar-refractivity contribution < 1.29 is 32.3 Å². The second-order valence-electron chi connectivity index (χ2n) is 11.5. The van der Waals surface area contributed by atoms with E-state index in [-0.39, 0.29) is 42.7 Å². The quantitative estimate of drug-likeness (QED) is 0.116. The molecule has 0 aliphatic rings. The number of anilines is 4. The van der Waals surface area contributed by atoms with Crippen LogP contribution in [-0.2, 0) is 16.1 Å². The largest absolute Gasteiger partial charge is 0.454 e. The number of alkyl halides is 3. The van der Waals surface area contributed by atoms with E-state index in [1.54, 1.807) is 38.1 Å². The number of pyridine rings is 1. The number of carbonyl (C=O) groups excluding carboxylic acids is 3. The minimum atomic E-state index is -4.60. The summed E-state index contributed by atoms with van der Waals surface area (Å²) < 4.78 is 43.2. The highest BCUT2D eigenvalue weighted by Crippen LogP contribution is 2.23. The fraction of sp³-hybridized carbons (Fsp3) is 0.242. The number of benzene rings is 2. The number of halogens is 4. The van der Waals surface area contributed by atoms with Gasteiger partial charge in [0.2, 0.25) is 0 Å². The maximum atomic E-state index is 12.8. The van der Waals surface area contributed by atoms with Crippen LogP contribution in [0.4, 0.5) is 36.3 Å². The number of hydrogen-bond acceptors (Lipinski definition) is 10. The first kappa shape index (κ1) is 36.9. The molecule has 260 valence electrons. The molecule has 0 aliphatic carbocycles. The number of amides is 3. The number of carbonyl (C=O) groups is 3. The highest BCUT2D eigenvalue weighted by Gasteiger charge is 2.29. The molecule has 2 aromatic carbocycles. The third-order valence-corrected chi connectivity index (χ3v) is 6.92. The van der Waals surface area contributed by atoms with Crippen LogP contribution in [0.1, 0.15) is 35.3 Å². The average Bonchev–Trinajstić information content (AvgIpc) is 3.09. The zero-order chi connectivity index (χ0) is 36.3. The van der Waals surface area contributed by atoms with Crippen LogP contribution in [0.3, 0.4) is 0 Å². The van der Waals surface area contributed by atoms with Crippen molar-refractivity contribution in [3.05, 3.63) is 94.6 Å². The summed E-state index contributed by atoms with van der Waals surface area (Å²) in [5.41, 5.74) is 1.17. The fourth-order valence-electron chi connectivity index (χ4n) is 4.02. The van der Waals surface area contributed by atoms with E-state index < -0.39 is 41.9 Å². The number of nitrogens with zero attached hydrogens (tertiary/aromatic N) is 4. The number of hydrogen-bond donors (Lipinski definition) is 5. The van der Waals surface area contributed by atoms with Gasteiger partial charge >= 0.3 is 24.0 Å². The number of aromatic nitrogens is 3. The van der Waals surface area contributed by atoms with Crippen molar-refractivity contribution in [1.29, 1.82) is 5.26 Å². The fourth-order valence-corrected chi connectivity index (χ4v) is 4.14. The first-order valence-electron chi connectivity index (χ1n) is 14.9. The van der Waals surface area contributed by atoms with Gasteiger partial charge in [0.05, 0.1) is 17.2 Å². The molecule has 4 rings (SSSR count). The Kier molecular flexibility index (Phi) is 12.1. The lowest BCUT2D eigenvalue weighted by molar-refractivity contribution is -0.154. The molecular formula is C33H31ClF3N9O4. The lowest BCUT2D eigenvalue weighted by Crippen LogP contribution is -2.45. The van der Waals surface area contributed by atoms with Gasteiger partial charge in [-0.2, -0.15) is 28.4 Å². The van der Waals surface area contributed by atoms with Gasteiger partial charge in [0.1, 0.15) is 17.5 Å². The SMILES string of the molecule is CC(C)(CNC(=O)C(=O)Nc1ccc(C#N)cc1)CNC(=O)c1ccc(Nc2cc(NCc3ccc(Cl)cc3)nc(OCC(F)(F)F)n2)nc1. The highest BCUT2D eigenvalue weighted by atomic mass is 35.5. The first-order valence-corrected chi connectivity index (χ1v) is 15.2. The van der Waals surface area contributed by atoms with Crippen LogP contribution < -0.4 is 31.3 Å². The monoisotopic (exact) mass is 709 g/mol. The predicted octanol–water partition coefficient (Wildman–Crippen LogP) is 5.20. The third-order valence-electron chi connectivity index (χ3n) is 6.67. The van der Waals surface area contributed by atoms with Gasteiger partial charge in [-0.15, -0.1) is 0 Å². The van der Waals surface area contributed by atoms with Crippen molar-refractivity contribution in [2.45, 2.75) is 26.6 Å². The number of ether oxygens (including phenoxy) is 1. The summed E-state index contributed by atoms with van der Waals surface area (Å²) >= 11 is 5.92. The van der Waals surface area contributed by atoms with Gasteiger partial charge in [0.15, 0.2) is 6.61 Å². The van der Waals surface area contributed by atoms with Crippen molar-refractivity contribution in [1.82, 2.24) is 25.6 Å². The van der Waals surface area contributed by atoms with E-state index in [4.69, 9.17) is 21.6 Å². The molecule has 13 nitrogen and oxygen atoms in total. The smallest absolute Gasteiger partial charge is 0.422 e. The van der Waals surface area contributed by atoms with Crippen LogP contribution in [0.5, 0.6) is 6.01 Å². The van der Waals surface area contributed by atoms with Gasteiger partial charge in [-0.25, -0.2) is 4.98 Å². The molecule has 0 unspecified atom stereocenters. The molecule has 17 heteroatoms. The zero-order valence-corrected chi connectivity index (χ0v) is 27.4. The van der Waals surface area contributed by atoms with Crippen molar-refractivity contribution in [2.24, 2.45) is 5.41 Å². The standard InChI is InChI=1S/C33H31ClF3N9O4/c1-32(2,18-42-29(48)30(49)43-24-10-5-20(14-38)6-11-24)17-41-28(47)22-7-12-25(40-16-22)44-27-13-26(39-15-21-3-8-23(34)9-4-21)45-31(46-27)50-19-33(35,36)37/h3-13,16H,15,17-19H2,1-2H3,(H,41,47)(H,42,48)(H,43,49)(H2,39,40,44,45,46). The molecular weight excluding hydrogens is 679 g/mol. The second kappa shape index (κ2) is 16.4. The van der Waals surface area contributed by atoms with Crippen molar-refractivity contribution in [3.8, 4) is 12.1 Å². The number of rotatable bonds is 13. The van der Waals surface area contributed by atoms with Crippen molar-refractivity contribution in [2.75, 3.05) is 35.6 Å². The van der Waals surface area contributed by atoms with Gasteiger partial charge in [0, 0.05) is 42.6 Å². The van der Waals surface area contributed by atoms with E-state index >= 15 is 0 Å². The Balaban J connectivity index is 1.31. The van der Waals surface area contributed by atoms with Gasteiger partial charge in [-0.05, 0) is 59.5 Å². The Morgan fingerprint density at radius 3 is 2.20 bits per heavy atom. The Hall–Kier alpha value is -5.95. The Morgan fingerprint density at radius 1 is 0.880 bits per heavy atom. The summed E-state index contributed by atoms with van der Waals surface area (Å²) in [7, 11) is 0. The van der Waals surface area contributed by atoms with Crippen LogP contribution >= 0.6 is 11.6 Å². The molecule has 0 saturated heterocycles. The second-order valence-corrected chi connectivity index (χ2v) is 12.0. The highest BCUT2D eigenvalue weighted by molar-refractivity contribution is 6.39. The van der Waals surface area contributed by atoms with Gasteiger partial charge in [-0.3, -0.25) is 14.4 Å². The molecule has 0 bridgehead atoms. The van der Waals surface area contributed by atoms with Crippen molar-refractivity contribution in [3.63, 3.8) is 0 Å². The van der Waals surface area contributed by atoms with Gasteiger partial charge < -0.3 is 31.3 Å². The van der Waals surface area contributed by atoms with Crippen LogP contribution in [0.2, 0.25) is 5.02 Å². The molecule has 4 aromatic rings. The summed E-state index contributed by atoms with van der Waals surface area (Å²) in [4.78, 5) is 49.6. The van der Waals surface area contributed by atoms with Crippen LogP contribution in [-0.4, -0.2) is 58.5 Å². The Morgan fingerprint density at radius 2 is 1.56 bits per heavy atom. The zero-order valence-electron chi connectivity index (χ0n) is 26.7. The number of nitrogens with one attached hydrogen (secondary N) is 5. The number of nitriles is 1. The normalized spacial score (nSPS) is 11.1. The minimum absolute atomic E-state index is 0.0676. The molecule has 50 heavy (non-hydrogen) atoms. The van der Waals surface area contributed by atoms with E-state index in [9.17, 15) is 27.6 Å². The molecule has 0 spiro atoms. The molecule has 0 aliphatic heterocycles. The third kappa shape index (κ3) is 11.9. The first-order chi connectivity index (χ1) is 23.7. The van der Waals surface area contributed by atoms with E-state index in [1.165, 1.54) is 48.7 Å². The van der Waals surface area contributed by atoms with Gasteiger partial charge in [0.25, 0.3) is 5.91 Å². The predicted molar refractivity (Wildman–Crippen MR) is 179 cm³/mol. The summed E-state index contributed by atoms with van der Waals surface area (Å²) in [6, 6.07) is 18.8. The summed E-state index contributed by atoms with van der Waals surface area (Å²) in [6.07, 6.45) is -3.31. The maximum absolute atomic E-state index is 12.8. The Bertz CT molecular complexity index is 1850. The minimum Gasteiger partial charge on any atom is -0.454 e. The molecule has 5 N–H and O–H groups in total. The van der Waals surface area contributed by atoms with Gasteiger partial charge in [-0.1, -0.05) is 37.6 Å². The Labute approximate surface area is 289 Å². The molecule has 2 aromatic heterocycles. The maximum Gasteiger partial charge on any atom is 0.422 e. The molecule has 2 heterocycles.